The highest BCUT2D eigenvalue weighted by atomic mass is 35.5. The molecule has 1 heterocycles. The van der Waals surface area contributed by atoms with Crippen molar-refractivity contribution >= 4 is 29.0 Å². The number of carbonyl (C=O) groups excluding carboxylic acids is 1. The molecule has 1 amide bonds. The SMILES string of the molecule is NC(=O)c1ccc(C(F)(F)F)nc1Nc1cccc(Cl)c1. The second kappa shape index (κ2) is 5.61. The van der Waals surface area contributed by atoms with Crippen molar-refractivity contribution in [3.63, 3.8) is 0 Å². The standard InChI is InChI=1S/C13H9ClF3N3O/c14-7-2-1-3-8(6-7)19-12-9(11(18)21)4-5-10(20-12)13(15,16)17/h1-6H,(H2,18,21)(H,19,20). The molecule has 8 heteroatoms. The molecule has 4 nitrogen and oxygen atoms in total. The zero-order valence-corrected chi connectivity index (χ0v) is 11.2. The predicted octanol–water partition coefficient (Wildman–Crippen LogP) is 3.60. The van der Waals surface area contributed by atoms with Crippen LogP contribution < -0.4 is 11.1 Å². The number of hydrogen-bond acceptors (Lipinski definition) is 3. The lowest BCUT2D eigenvalue weighted by Gasteiger charge is -2.12. The van der Waals surface area contributed by atoms with Crippen molar-refractivity contribution < 1.29 is 18.0 Å². The van der Waals surface area contributed by atoms with Crippen LogP contribution in [0.2, 0.25) is 5.02 Å². The van der Waals surface area contributed by atoms with Crippen molar-refractivity contribution in [1.82, 2.24) is 4.98 Å². The van der Waals surface area contributed by atoms with E-state index in [2.05, 4.69) is 10.3 Å². The molecule has 0 aliphatic heterocycles. The van der Waals surface area contributed by atoms with Crippen molar-refractivity contribution in [2.24, 2.45) is 5.73 Å². The van der Waals surface area contributed by atoms with Gasteiger partial charge in [-0.2, -0.15) is 13.2 Å². The Labute approximate surface area is 122 Å². The van der Waals surface area contributed by atoms with E-state index in [9.17, 15) is 18.0 Å². The molecular formula is C13H9ClF3N3O. The number of halogens is 4. The van der Waals surface area contributed by atoms with E-state index in [1.165, 1.54) is 6.07 Å². The number of hydrogen-bond donors (Lipinski definition) is 2. The molecule has 2 aromatic rings. The van der Waals surface area contributed by atoms with E-state index in [0.29, 0.717) is 16.8 Å². The van der Waals surface area contributed by atoms with Crippen molar-refractivity contribution in [2.75, 3.05) is 5.32 Å². The Kier molecular flexibility index (Phi) is 4.04. The van der Waals surface area contributed by atoms with Gasteiger partial charge in [0.15, 0.2) is 0 Å². The lowest BCUT2D eigenvalue weighted by atomic mass is 10.2. The van der Waals surface area contributed by atoms with Gasteiger partial charge in [0, 0.05) is 10.7 Å². The Hall–Kier alpha value is -2.28. The molecule has 1 aromatic carbocycles. The Morgan fingerprint density at radius 1 is 1.24 bits per heavy atom. The largest absolute Gasteiger partial charge is 0.433 e. The molecular weight excluding hydrogens is 307 g/mol. The highest BCUT2D eigenvalue weighted by Crippen LogP contribution is 2.30. The number of pyridine rings is 1. The number of nitrogens with one attached hydrogen (secondary N) is 1. The van der Waals surface area contributed by atoms with E-state index in [-0.39, 0.29) is 11.4 Å². The summed E-state index contributed by atoms with van der Waals surface area (Å²) in [5, 5.41) is 2.99. The Bertz CT molecular complexity index is 689. The van der Waals surface area contributed by atoms with Gasteiger partial charge in [-0.05, 0) is 30.3 Å². The van der Waals surface area contributed by atoms with E-state index >= 15 is 0 Å². The summed E-state index contributed by atoms with van der Waals surface area (Å²) in [5.74, 6) is -1.17. The van der Waals surface area contributed by atoms with Crippen molar-refractivity contribution in [3.05, 3.63) is 52.7 Å². The van der Waals surface area contributed by atoms with Gasteiger partial charge in [0.1, 0.15) is 11.5 Å². The molecule has 0 bridgehead atoms. The number of rotatable bonds is 3. The van der Waals surface area contributed by atoms with Gasteiger partial charge in [-0.1, -0.05) is 17.7 Å². The van der Waals surface area contributed by atoms with E-state index < -0.39 is 17.8 Å². The summed E-state index contributed by atoms with van der Waals surface area (Å²) in [6.07, 6.45) is -4.62. The number of aromatic nitrogens is 1. The Morgan fingerprint density at radius 2 is 1.95 bits per heavy atom. The van der Waals surface area contributed by atoms with E-state index in [0.717, 1.165) is 6.07 Å². The first-order valence-electron chi connectivity index (χ1n) is 5.68. The molecule has 0 saturated heterocycles. The minimum Gasteiger partial charge on any atom is -0.365 e. The van der Waals surface area contributed by atoms with Crippen LogP contribution in [0.1, 0.15) is 16.1 Å². The van der Waals surface area contributed by atoms with Crippen LogP contribution in [0.15, 0.2) is 36.4 Å². The molecule has 3 N–H and O–H groups in total. The third kappa shape index (κ3) is 3.63. The number of anilines is 2. The molecule has 1 aromatic heterocycles. The van der Waals surface area contributed by atoms with Gasteiger partial charge >= 0.3 is 6.18 Å². The van der Waals surface area contributed by atoms with Crippen molar-refractivity contribution in [1.29, 1.82) is 0 Å². The van der Waals surface area contributed by atoms with Crippen LogP contribution in [0.4, 0.5) is 24.7 Å². The first-order valence-corrected chi connectivity index (χ1v) is 6.06. The molecule has 0 unspecified atom stereocenters. The first-order chi connectivity index (χ1) is 9.77. The second-order valence-corrected chi connectivity index (χ2v) is 4.53. The highest BCUT2D eigenvalue weighted by molar-refractivity contribution is 6.30. The average Bonchev–Trinajstić information content (AvgIpc) is 2.37. The summed E-state index contributed by atoms with van der Waals surface area (Å²) >= 11 is 5.79. The van der Waals surface area contributed by atoms with Crippen LogP contribution in [-0.2, 0) is 6.18 Å². The predicted molar refractivity (Wildman–Crippen MR) is 72.5 cm³/mol. The third-order valence-electron chi connectivity index (χ3n) is 2.54. The summed E-state index contributed by atoms with van der Waals surface area (Å²) in [6, 6.07) is 7.92. The third-order valence-corrected chi connectivity index (χ3v) is 2.77. The summed E-state index contributed by atoms with van der Waals surface area (Å²) in [6.45, 7) is 0. The number of nitrogens with two attached hydrogens (primary N) is 1. The van der Waals surface area contributed by atoms with Gasteiger partial charge in [0.25, 0.3) is 5.91 Å². The summed E-state index contributed by atoms with van der Waals surface area (Å²) < 4.78 is 38.0. The molecule has 0 aliphatic carbocycles. The first kappa shape index (κ1) is 15.1. The van der Waals surface area contributed by atoms with Gasteiger partial charge in [-0.3, -0.25) is 4.79 Å². The zero-order valence-electron chi connectivity index (χ0n) is 10.4. The van der Waals surface area contributed by atoms with Gasteiger partial charge in [-0.25, -0.2) is 4.98 Å². The lowest BCUT2D eigenvalue weighted by Crippen LogP contribution is -2.17. The smallest absolute Gasteiger partial charge is 0.365 e. The fourth-order valence-corrected chi connectivity index (χ4v) is 1.80. The number of benzene rings is 1. The molecule has 0 aliphatic rings. The van der Waals surface area contributed by atoms with Gasteiger partial charge in [0.05, 0.1) is 5.56 Å². The Morgan fingerprint density at radius 3 is 2.52 bits per heavy atom. The van der Waals surface area contributed by atoms with Crippen LogP contribution >= 0.6 is 11.6 Å². The maximum Gasteiger partial charge on any atom is 0.433 e. The normalized spacial score (nSPS) is 11.2. The summed E-state index contributed by atoms with van der Waals surface area (Å²) in [5.41, 5.74) is 4.24. The fraction of sp³-hybridized carbons (Fsp3) is 0.0769. The minimum absolute atomic E-state index is 0.150. The molecule has 0 radical (unpaired) electrons. The number of amides is 1. The fourth-order valence-electron chi connectivity index (χ4n) is 1.61. The minimum atomic E-state index is -4.62. The van der Waals surface area contributed by atoms with Crippen molar-refractivity contribution in [2.45, 2.75) is 6.18 Å². The van der Waals surface area contributed by atoms with Gasteiger partial charge in [0.2, 0.25) is 0 Å². The molecule has 21 heavy (non-hydrogen) atoms. The van der Waals surface area contributed by atoms with Crippen LogP contribution in [0.5, 0.6) is 0 Å². The van der Waals surface area contributed by atoms with Gasteiger partial charge < -0.3 is 11.1 Å². The number of carbonyl (C=O) groups is 1. The molecule has 2 rings (SSSR count). The molecule has 0 fully saturated rings. The quantitative estimate of drug-likeness (QED) is 0.909. The maximum atomic E-state index is 12.7. The van der Waals surface area contributed by atoms with E-state index in [4.69, 9.17) is 17.3 Å². The molecule has 0 saturated carbocycles. The lowest BCUT2D eigenvalue weighted by molar-refractivity contribution is -0.141. The number of nitrogens with zero attached hydrogens (tertiary/aromatic N) is 1. The van der Waals surface area contributed by atoms with Crippen LogP contribution in [0.25, 0.3) is 0 Å². The molecule has 0 spiro atoms. The van der Waals surface area contributed by atoms with Crippen LogP contribution in [0.3, 0.4) is 0 Å². The van der Waals surface area contributed by atoms with Crippen LogP contribution in [0, 0.1) is 0 Å². The molecule has 110 valence electrons. The zero-order chi connectivity index (χ0) is 15.6. The number of primary amides is 1. The van der Waals surface area contributed by atoms with Crippen LogP contribution in [-0.4, -0.2) is 10.9 Å². The topological polar surface area (TPSA) is 68.0 Å². The number of alkyl halides is 3. The summed E-state index contributed by atoms with van der Waals surface area (Å²) in [7, 11) is 0. The molecule has 0 atom stereocenters. The van der Waals surface area contributed by atoms with E-state index in [1.54, 1.807) is 18.2 Å². The average molecular weight is 316 g/mol. The Balaban J connectivity index is 2.46. The second-order valence-electron chi connectivity index (χ2n) is 4.09. The van der Waals surface area contributed by atoms with Gasteiger partial charge in [-0.15, -0.1) is 0 Å². The monoisotopic (exact) mass is 315 g/mol. The van der Waals surface area contributed by atoms with Crippen molar-refractivity contribution in [3.8, 4) is 0 Å². The summed E-state index contributed by atoms with van der Waals surface area (Å²) in [4.78, 5) is 14.7. The maximum absolute atomic E-state index is 12.7. The highest BCUT2D eigenvalue weighted by Gasteiger charge is 2.33. The van der Waals surface area contributed by atoms with E-state index in [1.807, 2.05) is 0 Å².